The molecule has 3 rings (SSSR count). The first-order valence-corrected chi connectivity index (χ1v) is 8.78. The highest BCUT2D eigenvalue weighted by Gasteiger charge is 2.31. The summed E-state index contributed by atoms with van der Waals surface area (Å²) in [5.74, 6) is 1.01. The second kappa shape index (κ2) is 6.71. The lowest BCUT2D eigenvalue weighted by Gasteiger charge is -2.24. The molecule has 0 aliphatic carbocycles. The van der Waals surface area contributed by atoms with Gasteiger partial charge in [0.1, 0.15) is 10.6 Å². The number of aromatic nitrogens is 1. The number of carbonyl (C=O) groups excluding carboxylic acids is 1. The molecule has 0 N–H and O–H groups in total. The molecule has 4 nitrogen and oxygen atoms in total. The van der Waals surface area contributed by atoms with Gasteiger partial charge < -0.3 is 9.64 Å². The highest BCUT2D eigenvalue weighted by atomic mass is 32.1. The normalized spacial score (nSPS) is 17.5. The number of hydrogen-bond acceptors (Lipinski definition) is 4. The van der Waals surface area contributed by atoms with Gasteiger partial charge in [-0.3, -0.25) is 4.79 Å². The quantitative estimate of drug-likeness (QED) is 0.860. The van der Waals surface area contributed by atoms with E-state index < -0.39 is 0 Å². The van der Waals surface area contributed by atoms with Crippen LogP contribution < -0.4 is 4.74 Å². The van der Waals surface area contributed by atoms with Crippen LogP contribution in [0.4, 0.5) is 0 Å². The number of amides is 1. The first-order valence-electron chi connectivity index (χ1n) is 7.96. The Morgan fingerprint density at radius 3 is 2.70 bits per heavy atom. The van der Waals surface area contributed by atoms with Crippen LogP contribution in [0.1, 0.15) is 38.8 Å². The second-order valence-corrected chi connectivity index (χ2v) is 7.20. The van der Waals surface area contributed by atoms with Crippen LogP contribution in [0.5, 0.6) is 5.75 Å². The standard InChI is InChI=1S/C18H22N2O2S/c1-12-17(23-13(2)19-12)18(21)20-10-4-5-15(20)11-14-6-8-16(22-3)9-7-14/h6-9,15H,4-5,10-11H2,1-3H3/t15-/m1/s1. The van der Waals surface area contributed by atoms with Gasteiger partial charge in [0.05, 0.1) is 17.8 Å². The van der Waals surface area contributed by atoms with Gasteiger partial charge in [-0.1, -0.05) is 12.1 Å². The molecule has 0 bridgehead atoms. The number of ether oxygens (including phenoxy) is 1. The zero-order valence-electron chi connectivity index (χ0n) is 13.8. The SMILES string of the molecule is COc1ccc(C[C@H]2CCCN2C(=O)c2sc(C)nc2C)cc1. The molecule has 1 atom stereocenters. The molecule has 1 fully saturated rings. The van der Waals surface area contributed by atoms with Gasteiger partial charge in [0, 0.05) is 12.6 Å². The zero-order valence-corrected chi connectivity index (χ0v) is 14.7. The number of methoxy groups -OCH3 is 1. The van der Waals surface area contributed by atoms with Crippen molar-refractivity contribution in [1.82, 2.24) is 9.88 Å². The van der Waals surface area contributed by atoms with E-state index >= 15 is 0 Å². The first kappa shape index (κ1) is 16.0. The summed E-state index contributed by atoms with van der Waals surface area (Å²) in [5, 5.41) is 0.955. The summed E-state index contributed by atoms with van der Waals surface area (Å²) in [6, 6.07) is 8.40. The third-order valence-electron chi connectivity index (χ3n) is 4.37. The largest absolute Gasteiger partial charge is 0.497 e. The molecular weight excluding hydrogens is 308 g/mol. The van der Waals surface area contributed by atoms with Gasteiger partial charge in [0.15, 0.2) is 0 Å². The fourth-order valence-electron chi connectivity index (χ4n) is 3.21. The van der Waals surface area contributed by atoms with Crippen molar-refractivity contribution in [3.8, 4) is 5.75 Å². The summed E-state index contributed by atoms with van der Waals surface area (Å²) in [7, 11) is 1.67. The fourth-order valence-corrected chi connectivity index (χ4v) is 4.09. The van der Waals surface area contributed by atoms with E-state index in [1.165, 1.54) is 16.9 Å². The minimum atomic E-state index is 0.143. The monoisotopic (exact) mass is 330 g/mol. The Balaban J connectivity index is 1.74. The number of aryl methyl sites for hydroxylation is 2. The maximum absolute atomic E-state index is 12.9. The van der Waals surface area contributed by atoms with Gasteiger partial charge in [0.25, 0.3) is 5.91 Å². The van der Waals surface area contributed by atoms with Crippen molar-refractivity contribution >= 4 is 17.2 Å². The minimum absolute atomic E-state index is 0.143. The fraction of sp³-hybridized carbons (Fsp3) is 0.444. The van der Waals surface area contributed by atoms with E-state index in [-0.39, 0.29) is 11.9 Å². The van der Waals surface area contributed by atoms with Crippen LogP contribution in [0.15, 0.2) is 24.3 Å². The molecule has 5 heteroatoms. The number of rotatable bonds is 4. The van der Waals surface area contributed by atoms with Crippen molar-refractivity contribution < 1.29 is 9.53 Å². The molecule has 1 saturated heterocycles. The predicted molar refractivity (Wildman–Crippen MR) is 92.3 cm³/mol. The van der Waals surface area contributed by atoms with Gasteiger partial charge in [-0.2, -0.15) is 0 Å². The van der Waals surface area contributed by atoms with Crippen LogP contribution >= 0.6 is 11.3 Å². The second-order valence-electron chi connectivity index (χ2n) is 5.99. The molecule has 1 aromatic heterocycles. The van der Waals surface area contributed by atoms with E-state index in [9.17, 15) is 4.79 Å². The van der Waals surface area contributed by atoms with E-state index in [1.54, 1.807) is 7.11 Å². The lowest BCUT2D eigenvalue weighted by atomic mass is 10.0. The van der Waals surface area contributed by atoms with Crippen LogP contribution in [0, 0.1) is 13.8 Å². The molecule has 0 saturated carbocycles. The maximum Gasteiger partial charge on any atom is 0.266 e. The lowest BCUT2D eigenvalue weighted by Crippen LogP contribution is -2.36. The number of carbonyl (C=O) groups is 1. The summed E-state index contributed by atoms with van der Waals surface area (Å²) >= 11 is 1.50. The smallest absolute Gasteiger partial charge is 0.266 e. The molecular formula is C18H22N2O2S. The van der Waals surface area contributed by atoms with Crippen molar-refractivity contribution in [3.05, 3.63) is 45.4 Å². The van der Waals surface area contributed by atoms with Gasteiger partial charge in [-0.25, -0.2) is 4.98 Å². The molecule has 2 heterocycles. The van der Waals surface area contributed by atoms with Gasteiger partial charge >= 0.3 is 0 Å². The van der Waals surface area contributed by atoms with E-state index in [0.717, 1.165) is 47.1 Å². The van der Waals surface area contributed by atoms with Crippen LogP contribution in [0.2, 0.25) is 0 Å². The third-order valence-corrected chi connectivity index (χ3v) is 5.43. The Kier molecular flexibility index (Phi) is 4.66. The molecule has 23 heavy (non-hydrogen) atoms. The average Bonchev–Trinajstić information content (AvgIpc) is 3.13. The highest BCUT2D eigenvalue weighted by molar-refractivity contribution is 7.13. The van der Waals surface area contributed by atoms with Crippen molar-refractivity contribution in [3.63, 3.8) is 0 Å². The molecule has 1 amide bonds. The Morgan fingerprint density at radius 2 is 2.09 bits per heavy atom. The average molecular weight is 330 g/mol. The van der Waals surface area contributed by atoms with Crippen molar-refractivity contribution in [2.75, 3.05) is 13.7 Å². The lowest BCUT2D eigenvalue weighted by molar-refractivity contribution is 0.0740. The van der Waals surface area contributed by atoms with Crippen LogP contribution in [-0.4, -0.2) is 35.5 Å². The van der Waals surface area contributed by atoms with Crippen LogP contribution in [0.3, 0.4) is 0 Å². The summed E-state index contributed by atoms with van der Waals surface area (Å²) in [5.41, 5.74) is 2.10. The summed E-state index contributed by atoms with van der Waals surface area (Å²) < 4.78 is 5.20. The summed E-state index contributed by atoms with van der Waals surface area (Å²) in [6.07, 6.45) is 3.03. The number of nitrogens with zero attached hydrogens (tertiary/aromatic N) is 2. The molecule has 1 aliphatic rings. The molecule has 1 aliphatic heterocycles. The Labute approximate surface area is 141 Å². The number of hydrogen-bond donors (Lipinski definition) is 0. The molecule has 1 aromatic carbocycles. The van der Waals surface area contributed by atoms with Crippen molar-refractivity contribution in [2.24, 2.45) is 0 Å². The van der Waals surface area contributed by atoms with E-state index in [0.29, 0.717) is 0 Å². The Hall–Kier alpha value is -1.88. The zero-order chi connectivity index (χ0) is 16.4. The van der Waals surface area contributed by atoms with E-state index in [1.807, 2.05) is 30.9 Å². The third kappa shape index (κ3) is 3.39. The highest BCUT2D eigenvalue weighted by Crippen LogP contribution is 2.27. The van der Waals surface area contributed by atoms with Crippen LogP contribution in [-0.2, 0) is 6.42 Å². The molecule has 0 unspecified atom stereocenters. The van der Waals surface area contributed by atoms with Crippen LogP contribution in [0.25, 0.3) is 0 Å². The van der Waals surface area contributed by atoms with Crippen molar-refractivity contribution in [2.45, 2.75) is 39.2 Å². The summed E-state index contributed by atoms with van der Waals surface area (Å²) in [4.78, 5) is 20.1. The Morgan fingerprint density at radius 1 is 1.35 bits per heavy atom. The maximum atomic E-state index is 12.9. The van der Waals surface area contributed by atoms with Gasteiger partial charge in [-0.05, 0) is 50.8 Å². The van der Waals surface area contributed by atoms with Gasteiger partial charge in [-0.15, -0.1) is 11.3 Å². The molecule has 2 aromatic rings. The van der Waals surface area contributed by atoms with E-state index in [4.69, 9.17) is 4.74 Å². The predicted octanol–water partition coefficient (Wildman–Crippen LogP) is 3.62. The number of thiazole rings is 1. The van der Waals surface area contributed by atoms with Gasteiger partial charge in [0.2, 0.25) is 0 Å². The minimum Gasteiger partial charge on any atom is -0.497 e. The number of likely N-dealkylation sites (tertiary alicyclic amines) is 1. The van der Waals surface area contributed by atoms with Crippen molar-refractivity contribution in [1.29, 1.82) is 0 Å². The molecule has 0 radical (unpaired) electrons. The topological polar surface area (TPSA) is 42.4 Å². The summed E-state index contributed by atoms with van der Waals surface area (Å²) in [6.45, 7) is 4.72. The molecule has 122 valence electrons. The number of benzene rings is 1. The first-order chi connectivity index (χ1) is 11.1. The Bertz CT molecular complexity index is 694. The molecule has 0 spiro atoms. The van der Waals surface area contributed by atoms with E-state index in [2.05, 4.69) is 17.1 Å².